The molecule has 2 aromatic heterocycles. The van der Waals surface area contributed by atoms with Crippen molar-refractivity contribution < 1.29 is 22.4 Å². The summed E-state index contributed by atoms with van der Waals surface area (Å²) in [4.78, 5) is 22.0. The number of benzene rings is 4. The van der Waals surface area contributed by atoms with E-state index in [9.17, 15) is 13.6 Å². The van der Waals surface area contributed by atoms with Gasteiger partial charge in [-0.15, -0.1) is 0 Å². The largest absolute Gasteiger partial charge is 0.436 e. The Morgan fingerprint density at radius 3 is 1.50 bits per heavy atom. The first kappa shape index (κ1) is 21.5. The number of ketones is 1. The zero-order valence-corrected chi connectivity index (χ0v) is 18.5. The molecular formula is C27H16F2N4O3. The third-order valence-electron chi connectivity index (χ3n) is 5.79. The molecule has 0 radical (unpaired) electrons. The van der Waals surface area contributed by atoms with Gasteiger partial charge in [0.05, 0.1) is 11.4 Å². The van der Waals surface area contributed by atoms with Gasteiger partial charge in [-0.2, -0.15) is 0 Å². The molecule has 0 spiro atoms. The Kier molecular flexibility index (Phi) is 4.78. The van der Waals surface area contributed by atoms with Gasteiger partial charge in [0.15, 0.2) is 16.9 Å². The van der Waals surface area contributed by atoms with Crippen LogP contribution in [0.25, 0.3) is 45.1 Å². The molecule has 0 amide bonds. The normalized spacial score (nSPS) is 11.4. The molecule has 36 heavy (non-hydrogen) atoms. The van der Waals surface area contributed by atoms with E-state index < -0.39 is 11.6 Å². The molecule has 7 nitrogen and oxygen atoms in total. The Balaban J connectivity index is 1.32. The van der Waals surface area contributed by atoms with Crippen molar-refractivity contribution in [3.8, 4) is 22.9 Å². The van der Waals surface area contributed by atoms with E-state index in [4.69, 9.17) is 20.3 Å². The second-order valence-corrected chi connectivity index (χ2v) is 8.20. The van der Waals surface area contributed by atoms with Crippen molar-refractivity contribution in [3.63, 3.8) is 0 Å². The number of nitrogens with two attached hydrogens (primary N) is 2. The maximum absolute atomic E-state index is 13.5. The number of oxazole rings is 2. The van der Waals surface area contributed by atoms with Crippen LogP contribution in [0, 0.1) is 11.6 Å². The molecule has 0 saturated carbocycles. The number of fused-ring (bicyclic) bond motifs is 2. The lowest BCUT2D eigenvalue weighted by Crippen LogP contribution is -2.00. The predicted molar refractivity (Wildman–Crippen MR) is 131 cm³/mol. The van der Waals surface area contributed by atoms with Crippen LogP contribution in [0.1, 0.15) is 15.9 Å². The van der Waals surface area contributed by atoms with Gasteiger partial charge < -0.3 is 20.3 Å². The minimum Gasteiger partial charge on any atom is -0.436 e. The van der Waals surface area contributed by atoms with E-state index in [2.05, 4.69) is 9.97 Å². The SMILES string of the molecule is Nc1cc(-c2nc3ccc(C(=O)c4ccc5nc(-c6ccc(F)c(N)c6)oc5c4)cc3o2)ccc1F. The van der Waals surface area contributed by atoms with Crippen LogP contribution in [0.3, 0.4) is 0 Å². The van der Waals surface area contributed by atoms with E-state index in [1.165, 1.54) is 36.4 Å². The Bertz CT molecular complexity index is 1690. The number of nitrogens with zero attached hydrogens (tertiary/aromatic N) is 2. The molecular weight excluding hydrogens is 466 g/mol. The van der Waals surface area contributed by atoms with E-state index in [1.807, 2.05) is 0 Å². The molecule has 0 aliphatic rings. The lowest BCUT2D eigenvalue weighted by atomic mass is 10.0. The van der Waals surface area contributed by atoms with Crippen molar-refractivity contribution >= 4 is 39.4 Å². The minimum atomic E-state index is -0.527. The number of halogens is 2. The van der Waals surface area contributed by atoms with Crippen LogP contribution in [-0.2, 0) is 0 Å². The van der Waals surface area contributed by atoms with E-state index in [0.29, 0.717) is 44.5 Å². The molecule has 0 aliphatic heterocycles. The Morgan fingerprint density at radius 2 is 1.08 bits per heavy atom. The van der Waals surface area contributed by atoms with Gasteiger partial charge in [0, 0.05) is 22.3 Å². The first-order chi connectivity index (χ1) is 17.4. The van der Waals surface area contributed by atoms with Gasteiger partial charge in [0.25, 0.3) is 0 Å². The van der Waals surface area contributed by atoms with Gasteiger partial charge in [-0.05, 0) is 72.8 Å². The highest BCUT2D eigenvalue weighted by atomic mass is 19.1. The topological polar surface area (TPSA) is 121 Å². The summed E-state index contributed by atoms with van der Waals surface area (Å²) >= 11 is 0. The second-order valence-electron chi connectivity index (χ2n) is 8.20. The smallest absolute Gasteiger partial charge is 0.227 e. The van der Waals surface area contributed by atoms with Crippen LogP contribution in [0.2, 0.25) is 0 Å². The van der Waals surface area contributed by atoms with E-state index in [-0.39, 0.29) is 28.9 Å². The Morgan fingerprint density at radius 1 is 0.639 bits per heavy atom. The fourth-order valence-electron chi connectivity index (χ4n) is 3.90. The maximum Gasteiger partial charge on any atom is 0.227 e. The molecule has 0 unspecified atom stereocenters. The Hall–Kier alpha value is -5.05. The zero-order chi connectivity index (χ0) is 25.0. The third-order valence-corrected chi connectivity index (χ3v) is 5.79. The molecule has 4 N–H and O–H groups in total. The maximum atomic E-state index is 13.5. The molecule has 6 rings (SSSR count). The number of carbonyl (C=O) groups is 1. The summed E-state index contributed by atoms with van der Waals surface area (Å²) in [5, 5.41) is 0. The van der Waals surface area contributed by atoms with Crippen molar-refractivity contribution in [3.05, 3.63) is 95.6 Å². The molecule has 4 aromatic carbocycles. The van der Waals surface area contributed by atoms with Gasteiger partial charge in [-0.3, -0.25) is 4.79 Å². The highest BCUT2D eigenvalue weighted by Crippen LogP contribution is 2.30. The van der Waals surface area contributed by atoms with Gasteiger partial charge in [0.2, 0.25) is 11.8 Å². The van der Waals surface area contributed by atoms with Crippen LogP contribution in [-0.4, -0.2) is 15.8 Å². The number of rotatable bonds is 4. The summed E-state index contributed by atoms with van der Waals surface area (Å²) in [5.41, 5.74) is 14.9. The first-order valence-electron chi connectivity index (χ1n) is 10.8. The van der Waals surface area contributed by atoms with Crippen LogP contribution in [0.15, 0.2) is 81.6 Å². The summed E-state index contributed by atoms with van der Waals surface area (Å²) < 4.78 is 38.6. The van der Waals surface area contributed by atoms with Gasteiger partial charge in [0.1, 0.15) is 22.7 Å². The third kappa shape index (κ3) is 3.63. The highest BCUT2D eigenvalue weighted by Gasteiger charge is 2.17. The monoisotopic (exact) mass is 482 g/mol. The predicted octanol–water partition coefficient (Wildman–Crippen LogP) is 5.98. The second kappa shape index (κ2) is 8.02. The molecule has 0 bridgehead atoms. The van der Waals surface area contributed by atoms with Crippen molar-refractivity contribution in [2.24, 2.45) is 0 Å². The van der Waals surface area contributed by atoms with Crippen LogP contribution >= 0.6 is 0 Å². The summed E-state index contributed by atoms with van der Waals surface area (Å²) in [5.74, 6) is -0.788. The summed E-state index contributed by atoms with van der Waals surface area (Å²) in [7, 11) is 0. The highest BCUT2D eigenvalue weighted by molar-refractivity contribution is 6.11. The lowest BCUT2D eigenvalue weighted by molar-refractivity contribution is 0.103. The molecule has 0 fully saturated rings. The minimum absolute atomic E-state index is 0.0144. The quantitative estimate of drug-likeness (QED) is 0.234. The molecule has 6 aromatic rings. The molecule has 0 aliphatic carbocycles. The van der Waals surface area contributed by atoms with E-state index >= 15 is 0 Å². The number of anilines is 2. The van der Waals surface area contributed by atoms with Crippen LogP contribution < -0.4 is 11.5 Å². The fraction of sp³-hybridized carbons (Fsp3) is 0. The summed E-state index contributed by atoms with van der Waals surface area (Å²) in [6.45, 7) is 0. The van der Waals surface area contributed by atoms with Crippen molar-refractivity contribution in [1.82, 2.24) is 9.97 Å². The standard InChI is InChI=1S/C27H16F2N4O3/c28-17-5-1-15(9-19(17)30)26-32-21-7-3-13(11-23(21)35-26)25(34)14-4-8-22-24(12-14)36-27(33-22)16-2-6-18(29)20(31)10-16/h1-12H,30-31H2. The first-order valence-corrected chi connectivity index (χ1v) is 10.8. The van der Waals surface area contributed by atoms with Crippen molar-refractivity contribution in [2.45, 2.75) is 0 Å². The molecule has 2 heterocycles. The summed E-state index contributed by atoms with van der Waals surface area (Å²) in [6.07, 6.45) is 0. The van der Waals surface area contributed by atoms with Crippen LogP contribution in [0.5, 0.6) is 0 Å². The van der Waals surface area contributed by atoms with Gasteiger partial charge >= 0.3 is 0 Å². The number of hydrogen-bond donors (Lipinski definition) is 2. The molecule has 176 valence electrons. The zero-order valence-electron chi connectivity index (χ0n) is 18.5. The van der Waals surface area contributed by atoms with E-state index in [0.717, 1.165) is 0 Å². The van der Waals surface area contributed by atoms with Crippen molar-refractivity contribution in [2.75, 3.05) is 11.5 Å². The average Bonchev–Trinajstić information content (AvgIpc) is 3.50. The number of nitrogen functional groups attached to an aromatic ring is 2. The lowest BCUT2D eigenvalue weighted by Gasteiger charge is -2.01. The average molecular weight is 482 g/mol. The molecule has 0 atom stereocenters. The summed E-state index contributed by atoms with van der Waals surface area (Å²) in [6, 6.07) is 18.2. The number of aromatic nitrogens is 2. The Labute approximate surface area is 202 Å². The fourth-order valence-corrected chi connectivity index (χ4v) is 3.90. The number of carbonyl (C=O) groups excluding carboxylic acids is 1. The van der Waals surface area contributed by atoms with Gasteiger partial charge in [-0.25, -0.2) is 18.7 Å². The van der Waals surface area contributed by atoms with Crippen LogP contribution in [0.4, 0.5) is 20.2 Å². The molecule has 9 heteroatoms. The van der Waals surface area contributed by atoms with Gasteiger partial charge in [-0.1, -0.05) is 0 Å². The van der Waals surface area contributed by atoms with Crippen molar-refractivity contribution in [1.29, 1.82) is 0 Å². The van der Waals surface area contributed by atoms with E-state index in [1.54, 1.807) is 36.4 Å². The molecule has 0 saturated heterocycles. The number of hydrogen-bond acceptors (Lipinski definition) is 7.